The van der Waals surface area contributed by atoms with Gasteiger partial charge in [0.1, 0.15) is 6.10 Å². The summed E-state index contributed by atoms with van der Waals surface area (Å²) in [6.45, 7) is 6.87. The first kappa shape index (κ1) is 16.4. The van der Waals surface area contributed by atoms with Gasteiger partial charge in [-0.05, 0) is 39.7 Å². The summed E-state index contributed by atoms with van der Waals surface area (Å²) in [6, 6.07) is 3.46. The molecule has 0 amide bonds. The first-order chi connectivity index (χ1) is 10.1. The van der Waals surface area contributed by atoms with Crippen LogP contribution in [0.2, 0.25) is 5.02 Å². The van der Waals surface area contributed by atoms with E-state index >= 15 is 0 Å². The second-order valence-electron chi connectivity index (χ2n) is 5.19. The van der Waals surface area contributed by atoms with Gasteiger partial charge in [-0.25, -0.2) is 0 Å². The number of aliphatic hydroxyl groups excluding tert-OH is 1. The molecule has 1 fully saturated rings. The minimum atomic E-state index is -0.752. The zero-order valence-electron chi connectivity index (χ0n) is 12.8. The molecule has 3 atom stereocenters. The number of ether oxygens (including phenoxy) is 3. The minimum Gasteiger partial charge on any atom is -0.490 e. The third-order valence-corrected chi connectivity index (χ3v) is 3.93. The summed E-state index contributed by atoms with van der Waals surface area (Å²) in [5.41, 5.74) is 0.627. The maximum Gasteiger partial charge on any atom is 0.162 e. The number of aliphatic hydroxyl groups is 1. The van der Waals surface area contributed by atoms with E-state index in [0.717, 1.165) is 12.8 Å². The van der Waals surface area contributed by atoms with Crippen LogP contribution in [0.5, 0.6) is 11.5 Å². The maximum atomic E-state index is 10.5. The van der Waals surface area contributed by atoms with Gasteiger partial charge in [0.05, 0.1) is 30.4 Å². The van der Waals surface area contributed by atoms with Crippen LogP contribution in [0.1, 0.15) is 45.3 Å². The highest BCUT2D eigenvalue weighted by molar-refractivity contribution is 6.31. The van der Waals surface area contributed by atoms with E-state index in [1.807, 2.05) is 20.8 Å². The molecule has 1 aliphatic heterocycles. The second-order valence-corrected chi connectivity index (χ2v) is 5.60. The number of hydrogen-bond acceptors (Lipinski definition) is 4. The van der Waals surface area contributed by atoms with Crippen molar-refractivity contribution in [3.05, 3.63) is 22.7 Å². The first-order valence-electron chi connectivity index (χ1n) is 7.49. The summed E-state index contributed by atoms with van der Waals surface area (Å²) < 4.78 is 16.8. The Morgan fingerprint density at radius 2 is 1.86 bits per heavy atom. The third-order valence-electron chi connectivity index (χ3n) is 3.60. The Hall–Kier alpha value is -0.970. The molecule has 0 aromatic heterocycles. The predicted octanol–water partition coefficient (Wildman–Crippen LogP) is 3.74. The molecule has 3 unspecified atom stereocenters. The molecule has 1 aliphatic rings. The molecule has 1 N–H and O–H groups in total. The van der Waals surface area contributed by atoms with E-state index in [1.54, 1.807) is 12.1 Å². The van der Waals surface area contributed by atoms with Crippen molar-refractivity contribution in [2.24, 2.45) is 0 Å². The van der Waals surface area contributed by atoms with E-state index in [4.69, 9.17) is 25.8 Å². The van der Waals surface area contributed by atoms with Gasteiger partial charge in [0.2, 0.25) is 0 Å². The molecule has 0 spiro atoms. The molecule has 2 rings (SSSR count). The highest BCUT2D eigenvalue weighted by Crippen LogP contribution is 2.39. The van der Waals surface area contributed by atoms with Gasteiger partial charge >= 0.3 is 0 Å². The van der Waals surface area contributed by atoms with Crippen molar-refractivity contribution in [2.75, 3.05) is 13.2 Å². The molecule has 5 heteroatoms. The van der Waals surface area contributed by atoms with Gasteiger partial charge < -0.3 is 19.3 Å². The lowest BCUT2D eigenvalue weighted by molar-refractivity contribution is -0.0298. The molecule has 4 nitrogen and oxygen atoms in total. The Balaban J connectivity index is 2.27. The zero-order chi connectivity index (χ0) is 15.4. The molecule has 118 valence electrons. The van der Waals surface area contributed by atoms with Crippen molar-refractivity contribution in [3.8, 4) is 11.5 Å². The van der Waals surface area contributed by atoms with Gasteiger partial charge in [0.25, 0.3) is 0 Å². The van der Waals surface area contributed by atoms with E-state index in [9.17, 15) is 5.11 Å². The molecule has 0 saturated carbocycles. The van der Waals surface area contributed by atoms with Gasteiger partial charge in [-0.2, -0.15) is 0 Å². The summed E-state index contributed by atoms with van der Waals surface area (Å²) in [6.07, 6.45) is 0.990. The first-order valence-corrected chi connectivity index (χ1v) is 7.87. The fourth-order valence-electron chi connectivity index (χ4n) is 2.58. The molecule has 1 aromatic carbocycles. The van der Waals surface area contributed by atoms with Crippen LogP contribution in [-0.2, 0) is 4.74 Å². The van der Waals surface area contributed by atoms with E-state index in [2.05, 4.69) is 0 Å². The Morgan fingerprint density at radius 3 is 2.38 bits per heavy atom. The Kier molecular flexibility index (Phi) is 5.73. The SMILES string of the molecule is CCOc1cc(Cl)c(C(O)C2CCC(C)O2)cc1OCC. The standard InChI is InChI=1S/C16H23ClO4/c1-4-19-14-8-11(12(17)9-15(14)20-5-2)16(18)13-7-6-10(3)21-13/h8-10,13,16,18H,4-7H2,1-3H3. The van der Waals surface area contributed by atoms with E-state index in [-0.39, 0.29) is 12.2 Å². The van der Waals surface area contributed by atoms with Crippen LogP contribution in [0.4, 0.5) is 0 Å². The minimum absolute atomic E-state index is 0.178. The van der Waals surface area contributed by atoms with Crippen LogP contribution in [0.15, 0.2) is 12.1 Å². The quantitative estimate of drug-likeness (QED) is 0.869. The molecular weight excluding hydrogens is 292 g/mol. The topological polar surface area (TPSA) is 47.9 Å². The zero-order valence-corrected chi connectivity index (χ0v) is 13.5. The van der Waals surface area contributed by atoms with Crippen molar-refractivity contribution in [1.82, 2.24) is 0 Å². The Morgan fingerprint density at radius 1 is 1.24 bits per heavy atom. The number of hydrogen-bond donors (Lipinski definition) is 1. The van der Waals surface area contributed by atoms with Crippen LogP contribution >= 0.6 is 11.6 Å². The summed E-state index contributed by atoms with van der Waals surface area (Å²) in [4.78, 5) is 0. The van der Waals surface area contributed by atoms with Crippen molar-refractivity contribution < 1.29 is 19.3 Å². The summed E-state index contributed by atoms with van der Waals surface area (Å²) in [7, 11) is 0. The smallest absolute Gasteiger partial charge is 0.162 e. The second kappa shape index (κ2) is 7.34. The van der Waals surface area contributed by atoms with Crippen LogP contribution in [-0.4, -0.2) is 30.5 Å². The average molecular weight is 315 g/mol. The Bertz CT molecular complexity index is 478. The van der Waals surface area contributed by atoms with Crippen LogP contribution in [0.3, 0.4) is 0 Å². The molecule has 0 aliphatic carbocycles. The van der Waals surface area contributed by atoms with Gasteiger partial charge in [-0.15, -0.1) is 0 Å². The molecular formula is C16H23ClO4. The van der Waals surface area contributed by atoms with Gasteiger partial charge in [0, 0.05) is 11.6 Å². The molecule has 0 bridgehead atoms. The average Bonchev–Trinajstić information content (AvgIpc) is 2.88. The van der Waals surface area contributed by atoms with E-state index in [0.29, 0.717) is 35.3 Å². The van der Waals surface area contributed by atoms with Crippen LogP contribution < -0.4 is 9.47 Å². The molecule has 0 radical (unpaired) electrons. The largest absolute Gasteiger partial charge is 0.490 e. The molecule has 1 saturated heterocycles. The van der Waals surface area contributed by atoms with Crippen LogP contribution in [0.25, 0.3) is 0 Å². The summed E-state index contributed by atoms with van der Waals surface area (Å²) >= 11 is 6.30. The van der Waals surface area contributed by atoms with Crippen molar-refractivity contribution >= 4 is 11.6 Å². The monoisotopic (exact) mass is 314 g/mol. The van der Waals surface area contributed by atoms with Crippen molar-refractivity contribution in [3.63, 3.8) is 0 Å². The number of benzene rings is 1. The number of halogens is 1. The third kappa shape index (κ3) is 3.82. The maximum absolute atomic E-state index is 10.5. The molecule has 21 heavy (non-hydrogen) atoms. The lowest BCUT2D eigenvalue weighted by Gasteiger charge is -2.21. The van der Waals surface area contributed by atoms with Crippen LogP contribution in [0, 0.1) is 0 Å². The van der Waals surface area contributed by atoms with Crippen molar-refractivity contribution in [1.29, 1.82) is 0 Å². The van der Waals surface area contributed by atoms with Gasteiger partial charge in [0.15, 0.2) is 11.5 Å². The molecule has 1 heterocycles. The lowest BCUT2D eigenvalue weighted by Crippen LogP contribution is -2.19. The predicted molar refractivity (Wildman–Crippen MR) is 82.3 cm³/mol. The highest BCUT2D eigenvalue weighted by atomic mass is 35.5. The Labute approximate surface area is 131 Å². The number of rotatable bonds is 6. The van der Waals surface area contributed by atoms with E-state index in [1.165, 1.54) is 0 Å². The van der Waals surface area contributed by atoms with Crippen molar-refractivity contribution in [2.45, 2.75) is 51.9 Å². The fourth-order valence-corrected chi connectivity index (χ4v) is 2.85. The summed E-state index contributed by atoms with van der Waals surface area (Å²) in [5, 5.41) is 11.0. The summed E-state index contributed by atoms with van der Waals surface area (Å²) in [5.74, 6) is 1.20. The lowest BCUT2D eigenvalue weighted by atomic mass is 10.0. The fraction of sp³-hybridized carbons (Fsp3) is 0.625. The van der Waals surface area contributed by atoms with Gasteiger partial charge in [-0.1, -0.05) is 11.6 Å². The molecule has 1 aromatic rings. The highest BCUT2D eigenvalue weighted by Gasteiger charge is 2.31. The normalized spacial score (nSPS) is 23.1. The van der Waals surface area contributed by atoms with E-state index < -0.39 is 6.10 Å². The van der Waals surface area contributed by atoms with Gasteiger partial charge in [-0.3, -0.25) is 0 Å².